The predicted octanol–water partition coefficient (Wildman–Crippen LogP) is 2.70. The molecule has 4 heteroatoms. The van der Waals surface area contributed by atoms with Gasteiger partial charge in [-0.3, -0.25) is 10.1 Å². The Bertz CT molecular complexity index is 231. The third-order valence-electron chi connectivity index (χ3n) is 2.47. The number of rotatable bonds is 8. The summed E-state index contributed by atoms with van der Waals surface area (Å²) in [5, 5.41) is 3.30. The number of ether oxygens (including phenoxy) is 1. The van der Waals surface area contributed by atoms with Crippen LogP contribution in [0.4, 0.5) is 0 Å². The lowest BCUT2D eigenvalue weighted by molar-refractivity contribution is -0.147. The molecule has 1 unspecified atom stereocenters. The van der Waals surface area contributed by atoms with E-state index in [0.717, 1.165) is 11.5 Å². The third-order valence-corrected chi connectivity index (χ3v) is 3.78. The molecule has 0 saturated carbocycles. The highest BCUT2D eigenvalue weighted by atomic mass is 32.2. The maximum atomic E-state index is 11.8. The summed E-state index contributed by atoms with van der Waals surface area (Å²) in [4.78, 5) is 11.8. The van der Waals surface area contributed by atoms with E-state index in [4.69, 9.17) is 4.74 Å². The normalized spacial score (nSPS) is 15.1. The van der Waals surface area contributed by atoms with Crippen LogP contribution in [0.15, 0.2) is 0 Å². The van der Waals surface area contributed by atoms with E-state index in [1.807, 2.05) is 32.5 Å². The first-order chi connectivity index (χ1) is 7.81. The van der Waals surface area contributed by atoms with Crippen LogP contribution in [0.2, 0.25) is 0 Å². The predicted molar refractivity (Wildman–Crippen MR) is 75.5 cm³/mol. The lowest BCUT2D eigenvalue weighted by atomic mass is 10.0. The SMILES string of the molecule is COC(=O)C(C)(CSCCC(C)C)NC(C)C. The molecule has 102 valence electrons. The highest BCUT2D eigenvalue weighted by Gasteiger charge is 2.34. The number of carbonyl (C=O) groups is 1. The molecule has 0 fully saturated rings. The van der Waals surface area contributed by atoms with Crippen molar-refractivity contribution in [3.8, 4) is 0 Å². The second-order valence-electron chi connectivity index (χ2n) is 5.36. The largest absolute Gasteiger partial charge is 0.468 e. The van der Waals surface area contributed by atoms with Gasteiger partial charge in [0, 0.05) is 11.8 Å². The number of hydrogen-bond acceptors (Lipinski definition) is 4. The van der Waals surface area contributed by atoms with Crippen molar-refractivity contribution in [3.63, 3.8) is 0 Å². The Hall–Kier alpha value is -0.220. The van der Waals surface area contributed by atoms with Gasteiger partial charge < -0.3 is 4.74 Å². The van der Waals surface area contributed by atoms with E-state index in [1.54, 1.807) is 0 Å². The topological polar surface area (TPSA) is 38.3 Å². The van der Waals surface area contributed by atoms with Gasteiger partial charge in [0.2, 0.25) is 0 Å². The van der Waals surface area contributed by atoms with E-state index < -0.39 is 5.54 Å². The van der Waals surface area contributed by atoms with Gasteiger partial charge in [0.25, 0.3) is 0 Å². The van der Waals surface area contributed by atoms with E-state index in [0.29, 0.717) is 5.92 Å². The summed E-state index contributed by atoms with van der Waals surface area (Å²) in [5.41, 5.74) is -0.579. The van der Waals surface area contributed by atoms with E-state index in [1.165, 1.54) is 13.5 Å². The molecular weight excluding hydrogens is 234 g/mol. The molecule has 0 bridgehead atoms. The van der Waals surface area contributed by atoms with Crippen LogP contribution in [-0.2, 0) is 9.53 Å². The van der Waals surface area contributed by atoms with Crippen LogP contribution in [0.25, 0.3) is 0 Å². The van der Waals surface area contributed by atoms with E-state index >= 15 is 0 Å². The second kappa shape index (κ2) is 7.98. The van der Waals surface area contributed by atoms with Gasteiger partial charge in [0.05, 0.1) is 7.11 Å². The molecule has 0 aliphatic heterocycles. The number of thioether (sulfide) groups is 1. The minimum atomic E-state index is -0.579. The van der Waals surface area contributed by atoms with Gasteiger partial charge in [-0.2, -0.15) is 11.8 Å². The Balaban J connectivity index is 4.24. The van der Waals surface area contributed by atoms with Crippen molar-refractivity contribution in [3.05, 3.63) is 0 Å². The van der Waals surface area contributed by atoms with Gasteiger partial charge in [0.1, 0.15) is 5.54 Å². The summed E-state index contributed by atoms with van der Waals surface area (Å²) in [6, 6.07) is 0.268. The number of esters is 1. The maximum Gasteiger partial charge on any atom is 0.326 e. The van der Waals surface area contributed by atoms with Crippen LogP contribution in [-0.4, -0.2) is 36.2 Å². The average Bonchev–Trinajstić information content (AvgIpc) is 2.22. The van der Waals surface area contributed by atoms with Crippen molar-refractivity contribution < 1.29 is 9.53 Å². The Morgan fingerprint density at radius 3 is 2.35 bits per heavy atom. The number of hydrogen-bond donors (Lipinski definition) is 1. The lowest BCUT2D eigenvalue weighted by Crippen LogP contribution is -2.55. The summed E-state index contributed by atoms with van der Waals surface area (Å²) in [7, 11) is 1.45. The molecule has 0 aromatic heterocycles. The molecule has 0 aromatic rings. The maximum absolute atomic E-state index is 11.8. The van der Waals surface area contributed by atoms with Crippen molar-refractivity contribution in [2.75, 3.05) is 18.6 Å². The Labute approximate surface area is 110 Å². The van der Waals surface area contributed by atoms with Gasteiger partial charge in [-0.1, -0.05) is 13.8 Å². The lowest BCUT2D eigenvalue weighted by Gasteiger charge is -2.30. The molecule has 0 rings (SSSR count). The number of methoxy groups -OCH3 is 1. The molecule has 1 atom stereocenters. The number of nitrogens with one attached hydrogen (secondary N) is 1. The minimum Gasteiger partial charge on any atom is -0.468 e. The summed E-state index contributed by atoms with van der Waals surface area (Å²) >= 11 is 1.81. The molecular formula is C13H27NO2S. The molecule has 0 amide bonds. The summed E-state index contributed by atoms with van der Waals surface area (Å²) < 4.78 is 4.88. The van der Waals surface area contributed by atoms with E-state index in [9.17, 15) is 4.79 Å². The smallest absolute Gasteiger partial charge is 0.326 e. The fourth-order valence-electron chi connectivity index (χ4n) is 1.62. The molecule has 17 heavy (non-hydrogen) atoms. The first-order valence-electron chi connectivity index (χ1n) is 6.25. The zero-order valence-electron chi connectivity index (χ0n) is 12.0. The van der Waals surface area contributed by atoms with Crippen LogP contribution in [0.1, 0.15) is 41.0 Å². The van der Waals surface area contributed by atoms with Crippen LogP contribution >= 0.6 is 11.8 Å². The molecule has 3 nitrogen and oxygen atoms in total. The second-order valence-corrected chi connectivity index (χ2v) is 6.46. The van der Waals surface area contributed by atoms with Gasteiger partial charge in [-0.05, 0) is 38.9 Å². The zero-order chi connectivity index (χ0) is 13.5. The average molecular weight is 261 g/mol. The molecule has 0 heterocycles. The zero-order valence-corrected chi connectivity index (χ0v) is 12.8. The third kappa shape index (κ3) is 6.94. The standard InChI is InChI=1S/C13H27NO2S/c1-10(2)7-8-17-9-13(5,12(15)16-6)14-11(3)4/h10-11,14H,7-9H2,1-6H3. The Morgan fingerprint density at radius 1 is 1.35 bits per heavy atom. The van der Waals surface area contributed by atoms with Crippen molar-refractivity contribution in [2.45, 2.75) is 52.6 Å². The molecule has 0 aromatic carbocycles. The highest BCUT2D eigenvalue weighted by molar-refractivity contribution is 7.99. The van der Waals surface area contributed by atoms with Crippen molar-refractivity contribution in [1.82, 2.24) is 5.32 Å². The summed E-state index contributed by atoms with van der Waals surface area (Å²) in [6.07, 6.45) is 1.18. The fourth-order valence-corrected chi connectivity index (χ4v) is 3.01. The van der Waals surface area contributed by atoms with Crippen LogP contribution in [0, 0.1) is 5.92 Å². The van der Waals surface area contributed by atoms with Crippen molar-refractivity contribution >= 4 is 17.7 Å². The molecule has 0 aliphatic carbocycles. The summed E-state index contributed by atoms with van der Waals surface area (Å²) in [5.74, 6) is 2.38. The van der Waals surface area contributed by atoms with Crippen LogP contribution in [0.3, 0.4) is 0 Å². The van der Waals surface area contributed by atoms with Gasteiger partial charge in [0.15, 0.2) is 0 Å². The first kappa shape index (κ1) is 16.8. The molecule has 0 saturated heterocycles. The highest BCUT2D eigenvalue weighted by Crippen LogP contribution is 2.18. The Kier molecular flexibility index (Phi) is 7.88. The monoisotopic (exact) mass is 261 g/mol. The van der Waals surface area contributed by atoms with Gasteiger partial charge >= 0.3 is 5.97 Å². The quantitative estimate of drug-likeness (QED) is 0.538. The van der Waals surface area contributed by atoms with Crippen LogP contribution in [0.5, 0.6) is 0 Å². The van der Waals surface area contributed by atoms with Gasteiger partial charge in [-0.15, -0.1) is 0 Å². The van der Waals surface area contributed by atoms with Crippen molar-refractivity contribution in [1.29, 1.82) is 0 Å². The molecule has 0 radical (unpaired) electrons. The fraction of sp³-hybridized carbons (Fsp3) is 0.923. The number of carbonyl (C=O) groups excluding carboxylic acids is 1. The molecule has 1 N–H and O–H groups in total. The van der Waals surface area contributed by atoms with E-state index in [-0.39, 0.29) is 12.0 Å². The minimum absolute atomic E-state index is 0.178. The Morgan fingerprint density at radius 2 is 1.94 bits per heavy atom. The van der Waals surface area contributed by atoms with Crippen LogP contribution < -0.4 is 5.32 Å². The molecule has 0 aliphatic rings. The van der Waals surface area contributed by atoms with Gasteiger partial charge in [-0.25, -0.2) is 0 Å². The summed E-state index contributed by atoms with van der Waals surface area (Å²) in [6.45, 7) is 10.4. The van der Waals surface area contributed by atoms with E-state index in [2.05, 4.69) is 19.2 Å². The molecule has 0 spiro atoms. The van der Waals surface area contributed by atoms with Crippen molar-refractivity contribution in [2.24, 2.45) is 5.92 Å². The first-order valence-corrected chi connectivity index (χ1v) is 7.41.